The number of rotatable bonds is 7. The molecule has 0 saturated carbocycles. The van der Waals surface area contributed by atoms with E-state index in [9.17, 15) is 9.50 Å². The number of piperazine rings is 1. The van der Waals surface area contributed by atoms with E-state index in [1.54, 1.807) is 6.20 Å². The first-order valence-corrected chi connectivity index (χ1v) is 9.11. The summed E-state index contributed by atoms with van der Waals surface area (Å²) in [5.74, 6) is 1.32. The van der Waals surface area contributed by atoms with Crippen molar-refractivity contribution in [1.82, 2.24) is 14.9 Å². The number of nitrogens with one attached hydrogen (secondary N) is 1. The second kappa shape index (κ2) is 8.91. The van der Waals surface area contributed by atoms with Crippen LogP contribution in [-0.4, -0.2) is 58.8 Å². The number of hydrogen-bond acceptors (Lipinski definition) is 6. The zero-order valence-corrected chi connectivity index (χ0v) is 15.1. The largest absolute Gasteiger partial charge is 0.396 e. The second-order valence-corrected chi connectivity index (χ2v) is 6.48. The van der Waals surface area contributed by atoms with Gasteiger partial charge in [-0.05, 0) is 37.1 Å². The Labute approximate surface area is 153 Å². The standard InChI is InChI=1S/C19H26FN5O/c1-2-21-18-7-9-22-19(23-18)25-11-10-24(17(14-25)8-12-26)13-15-3-5-16(20)6-4-15/h3-7,9,17,26H,2,8,10-14H2,1H3,(H,21,22,23). The van der Waals surface area contributed by atoms with Gasteiger partial charge in [0.2, 0.25) is 5.95 Å². The predicted molar refractivity (Wildman–Crippen MR) is 101 cm³/mol. The molecule has 1 fully saturated rings. The van der Waals surface area contributed by atoms with Crippen molar-refractivity contribution in [3.63, 3.8) is 0 Å². The number of hydrogen-bond donors (Lipinski definition) is 2. The van der Waals surface area contributed by atoms with Gasteiger partial charge < -0.3 is 15.3 Å². The molecule has 26 heavy (non-hydrogen) atoms. The number of aromatic nitrogens is 2. The van der Waals surface area contributed by atoms with Gasteiger partial charge in [-0.25, -0.2) is 9.37 Å². The zero-order chi connectivity index (χ0) is 18.4. The summed E-state index contributed by atoms with van der Waals surface area (Å²) in [6, 6.07) is 8.69. The zero-order valence-electron chi connectivity index (χ0n) is 15.1. The lowest BCUT2D eigenvalue weighted by molar-refractivity contribution is 0.135. The van der Waals surface area contributed by atoms with E-state index in [1.807, 2.05) is 25.1 Å². The molecule has 1 aliphatic rings. The smallest absolute Gasteiger partial charge is 0.227 e. The van der Waals surface area contributed by atoms with Crippen molar-refractivity contribution in [1.29, 1.82) is 0 Å². The fourth-order valence-corrected chi connectivity index (χ4v) is 3.31. The van der Waals surface area contributed by atoms with Crippen LogP contribution in [0, 0.1) is 5.82 Å². The highest BCUT2D eigenvalue weighted by Crippen LogP contribution is 2.20. The fraction of sp³-hybridized carbons (Fsp3) is 0.474. The summed E-state index contributed by atoms with van der Waals surface area (Å²) >= 11 is 0. The highest BCUT2D eigenvalue weighted by molar-refractivity contribution is 5.41. The molecule has 140 valence electrons. The van der Waals surface area contributed by atoms with Gasteiger partial charge in [-0.15, -0.1) is 0 Å². The van der Waals surface area contributed by atoms with Crippen LogP contribution >= 0.6 is 0 Å². The molecular formula is C19H26FN5O. The molecule has 3 rings (SSSR count). The molecule has 1 saturated heterocycles. The number of anilines is 2. The lowest BCUT2D eigenvalue weighted by Crippen LogP contribution is -2.53. The van der Waals surface area contributed by atoms with E-state index in [1.165, 1.54) is 12.1 Å². The van der Waals surface area contributed by atoms with Crippen LogP contribution in [0.4, 0.5) is 16.2 Å². The summed E-state index contributed by atoms with van der Waals surface area (Å²) < 4.78 is 13.1. The quantitative estimate of drug-likeness (QED) is 0.790. The molecule has 1 unspecified atom stereocenters. The van der Waals surface area contributed by atoms with Crippen molar-refractivity contribution in [3.8, 4) is 0 Å². The van der Waals surface area contributed by atoms with E-state index in [4.69, 9.17) is 0 Å². The Kier molecular flexibility index (Phi) is 6.35. The van der Waals surface area contributed by atoms with Gasteiger partial charge in [-0.3, -0.25) is 4.90 Å². The van der Waals surface area contributed by atoms with Crippen molar-refractivity contribution in [2.75, 3.05) is 43.0 Å². The Morgan fingerprint density at radius 1 is 1.23 bits per heavy atom. The summed E-state index contributed by atoms with van der Waals surface area (Å²) in [5.41, 5.74) is 1.08. The molecule has 7 heteroatoms. The van der Waals surface area contributed by atoms with Gasteiger partial charge in [-0.2, -0.15) is 4.98 Å². The van der Waals surface area contributed by atoms with Crippen LogP contribution in [-0.2, 0) is 6.54 Å². The highest BCUT2D eigenvalue weighted by Gasteiger charge is 2.28. The first-order chi connectivity index (χ1) is 12.7. The molecular weight excluding hydrogens is 333 g/mol. The summed E-state index contributed by atoms with van der Waals surface area (Å²) in [5, 5.41) is 12.7. The molecule has 0 aliphatic carbocycles. The molecule has 2 aromatic rings. The van der Waals surface area contributed by atoms with Crippen LogP contribution < -0.4 is 10.2 Å². The van der Waals surface area contributed by atoms with Crippen LogP contribution in [0.3, 0.4) is 0 Å². The van der Waals surface area contributed by atoms with Gasteiger partial charge >= 0.3 is 0 Å². The molecule has 1 atom stereocenters. The molecule has 0 radical (unpaired) electrons. The number of aliphatic hydroxyl groups excluding tert-OH is 1. The minimum absolute atomic E-state index is 0.136. The van der Waals surface area contributed by atoms with Gasteiger partial charge in [0.25, 0.3) is 0 Å². The minimum atomic E-state index is -0.219. The van der Waals surface area contributed by atoms with Crippen molar-refractivity contribution in [2.24, 2.45) is 0 Å². The SMILES string of the molecule is CCNc1ccnc(N2CCN(Cc3ccc(F)cc3)C(CCO)C2)n1. The molecule has 1 aromatic carbocycles. The maximum Gasteiger partial charge on any atom is 0.227 e. The van der Waals surface area contributed by atoms with E-state index < -0.39 is 0 Å². The molecule has 2 heterocycles. The number of nitrogens with zero attached hydrogens (tertiary/aromatic N) is 4. The predicted octanol–water partition coefficient (Wildman–Crippen LogP) is 2.12. The Morgan fingerprint density at radius 3 is 2.77 bits per heavy atom. The maximum atomic E-state index is 13.1. The Hall–Kier alpha value is -2.25. The lowest BCUT2D eigenvalue weighted by Gasteiger charge is -2.41. The van der Waals surface area contributed by atoms with E-state index >= 15 is 0 Å². The Morgan fingerprint density at radius 2 is 2.04 bits per heavy atom. The molecule has 0 bridgehead atoms. The molecule has 1 aromatic heterocycles. The van der Waals surface area contributed by atoms with Crippen molar-refractivity contribution < 1.29 is 9.50 Å². The van der Waals surface area contributed by atoms with Gasteiger partial charge in [0.05, 0.1) is 0 Å². The lowest BCUT2D eigenvalue weighted by atomic mass is 10.1. The second-order valence-electron chi connectivity index (χ2n) is 6.48. The van der Waals surface area contributed by atoms with Crippen LogP contribution in [0.25, 0.3) is 0 Å². The van der Waals surface area contributed by atoms with Crippen LogP contribution in [0.5, 0.6) is 0 Å². The normalized spacial score (nSPS) is 18.1. The summed E-state index contributed by atoms with van der Waals surface area (Å²) in [6.07, 6.45) is 2.46. The molecule has 6 nitrogen and oxygen atoms in total. The van der Waals surface area contributed by atoms with Gasteiger partial charge in [0.1, 0.15) is 11.6 Å². The Balaban J connectivity index is 1.69. The minimum Gasteiger partial charge on any atom is -0.396 e. The van der Waals surface area contributed by atoms with Crippen LogP contribution in [0.2, 0.25) is 0 Å². The first-order valence-electron chi connectivity index (χ1n) is 9.11. The third kappa shape index (κ3) is 4.68. The topological polar surface area (TPSA) is 64.5 Å². The van der Waals surface area contributed by atoms with Crippen molar-refractivity contribution in [2.45, 2.75) is 25.9 Å². The monoisotopic (exact) mass is 359 g/mol. The summed E-state index contributed by atoms with van der Waals surface area (Å²) in [7, 11) is 0. The number of halogens is 1. The average molecular weight is 359 g/mol. The van der Waals surface area contributed by atoms with E-state index in [0.29, 0.717) is 12.4 Å². The average Bonchev–Trinajstić information content (AvgIpc) is 2.66. The van der Waals surface area contributed by atoms with Crippen molar-refractivity contribution >= 4 is 11.8 Å². The maximum absolute atomic E-state index is 13.1. The van der Waals surface area contributed by atoms with Crippen molar-refractivity contribution in [3.05, 3.63) is 47.9 Å². The third-order valence-corrected chi connectivity index (χ3v) is 4.65. The molecule has 0 amide bonds. The van der Waals surface area contributed by atoms with Crippen LogP contribution in [0.15, 0.2) is 36.5 Å². The summed E-state index contributed by atoms with van der Waals surface area (Å²) in [4.78, 5) is 13.5. The molecule has 2 N–H and O–H groups in total. The van der Waals surface area contributed by atoms with Crippen LogP contribution in [0.1, 0.15) is 18.9 Å². The van der Waals surface area contributed by atoms with Gasteiger partial charge in [0.15, 0.2) is 0 Å². The molecule has 0 spiro atoms. The van der Waals surface area contributed by atoms with E-state index in [2.05, 4.69) is 25.1 Å². The number of aliphatic hydroxyl groups is 1. The summed E-state index contributed by atoms with van der Waals surface area (Å²) in [6.45, 7) is 6.16. The van der Waals surface area contributed by atoms with Gasteiger partial charge in [0, 0.05) is 51.6 Å². The molecule has 1 aliphatic heterocycles. The number of benzene rings is 1. The fourth-order valence-electron chi connectivity index (χ4n) is 3.31. The van der Waals surface area contributed by atoms with E-state index in [-0.39, 0.29) is 18.5 Å². The van der Waals surface area contributed by atoms with Gasteiger partial charge in [-0.1, -0.05) is 12.1 Å². The Bertz CT molecular complexity index is 697. The van der Waals surface area contributed by atoms with E-state index in [0.717, 1.165) is 44.1 Å². The first kappa shape index (κ1) is 18.5. The third-order valence-electron chi connectivity index (χ3n) is 4.65. The highest BCUT2D eigenvalue weighted by atomic mass is 19.1.